The van der Waals surface area contributed by atoms with Gasteiger partial charge in [0.1, 0.15) is 0 Å². The Morgan fingerprint density at radius 1 is 1.36 bits per heavy atom. The Kier molecular flexibility index (Phi) is 5.89. The van der Waals surface area contributed by atoms with E-state index in [-0.39, 0.29) is 5.92 Å². The van der Waals surface area contributed by atoms with Gasteiger partial charge < -0.3 is 9.64 Å². The molecule has 1 saturated carbocycles. The zero-order chi connectivity index (χ0) is 18.0. The third-order valence-electron chi connectivity index (χ3n) is 6.77. The summed E-state index contributed by atoms with van der Waals surface area (Å²) >= 11 is 0. The molecule has 1 saturated heterocycles. The second-order valence-corrected chi connectivity index (χ2v) is 9.04. The molecule has 4 nitrogen and oxygen atoms in total. The second kappa shape index (κ2) is 7.79. The van der Waals surface area contributed by atoms with Gasteiger partial charge in [0, 0.05) is 38.6 Å². The highest BCUT2D eigenvalue weighted by Gasteiger charge is 2.51. The maximum absolute atomic E-state index is 12.7. The summed E-state index contributed by atoms with van der Waals surface area (Å²) in [5.41, 5.74) is 1.96. The van der Waals surface area contributed by atoms with E-state index in [0.29, 0.717) is 17.2 Å². The third kappa shape index (κ3) is 4.11. The molecule has 0 radical (unpaired) electrons. The number of rotatable bonds is 7. The van der Waals surface area contributed by atoms with Crippen LogP contribution in [0.1, 0.15) is 47.0 Å². The van der Waals surface area contributed by atoms with Crippen molar-refractivity contribution in [3.8, 4) is 0 Å². The van der Waals surface area contributed by atoms with Gasteiger partial charge in [-0.3, -0.25) is 9.69 Å². The molecule has 2 atom stereocenters. The highest BCUT2D eigenvalue weighted by atomic mass is 16.5. The smallest absolute Gasteiger partial charge is 0.225 e. The van der Waals surface area contributed by atoms with Crippen molar-refractivity contribution in [1.29, 1.82) is 0 Å². The van der Waals surface area contributed by atoms with Crippen LogP contribution in [-0.2, 0) is 9.53 Å². The SMILES string of the molecule is CC(C)C(=O)N(CCCN1CCOCC1)CC1=CCC2CC1C2(C)C. The lowest BCUT2D eigenvalue weighted by Crippen LogP contribution is -2.50. The summed E-state index contributed by atoms with van der Waals surface area (Å²) in [5.74, 6) is 1.93. The topological polar surface area (TPSA) is 32.8 Å². The van der Waals surface area contributed by atoms with Gasteiger partial charge in [-0.05, 0) is 36.5 Å². The minimum Gasteiger partial charge on any atom is -0.379 e. The summed E-state index contributed by atoms with van der Waals surface area (Å²) in [6.07, 6.45) is 6.03. The first-order valence-electron chi connectivity index (χ1n) is 10.2. The van der Waals surface area contributed by atoms with Gasteiger partial charge in [-0.15, -0.1) is 0 Å². The number of allylic oxidation sites excluding steroid dienone is 1. The number of hydrogen-bond donors (Lipinski definition) is 0. The molecule has 142 valence electrons. The Bertz CT molecular complexity index is 506. The van der Waals surface area contributed by atoms with E-state index in [1.54, 1.807) is 0 Å². The Morgan fingerprint density at radius 2 is 2.08 bits per heavy atom. The molecule has 0 aromatic rings. The van der Waals surface area contributed by atoms with Crippen molar-refractivity contribution >= 4 is 5.91 Å². The standard InChI is InChI=1S/C21H36N2O2/c1-16(2)20(24)23(9-5-8-22-10-12-25-13-11-22)15-17-6-7-18-14-19(17)21(18,3)4/h6,16,18-19H,5,7-15H2,1-4H3. The minimum atomic E-state index is 0.0785. The van der Waals surface area contributed by atoms with Gasteiger partial charge in [0.05, 0.1) is 13.2 Å². The van der Waals surface area contributed by atoms with Crippen molar-refractivity contribution in [2.24, 2.45) is 23.2 Å². The van der Waals surface area contributed by atoms with Crippen molar-refractivity contribution in [3.05, 3.63) is 11.6 Å². The molecular formula is C21H36N2O2. The summed E-state index contributed by atoms with van der Waals surface area (Å²) in [5, 5.41) is 0. The zero-order valence-corrected chi connectivity index (χ0v) is 16.6. The van der Waals surface area contributed by atoms with E-state index in [0.717, 1.165) is 58.3 Å². The van der Waals surface area contributed by atoms with Crippen LogP contribution in [0.5, 0.6) is 0 Å². The molecule has 25 heavy (non-hydrogen) atoms. The van der Waals surface area contributed by atoms with Gasteiger partial charge in [0.2, 0.25) is 5.91 Å². The number of hydrogen-bond acceptors (Lipinski definition) is 3. The van der Waals surface area contributed by atoms with E-state index in [4.69, 9.17) is 4.74 Å². The fraction of sp³-hybridized carbons (Fsp3) is 0.857. The van der Waals surface area contributed by atoms with Gasteiger partial charge in [-0.25, -0.2) is 0 Å². The van der Waals surface area contributed by atoms with Crippen LogP contribution in [0, 0.1) is 23.2 Å². The lowest BCUT2D eigenvalue weighted by atomic mass is 9.49. The predicted molar refractivity (Wildman–Crippen MR) is 101 cm³/mol. The third-order valence-corrected chi connectivity index (χ3v) is 6.77. The maximum Gasteiger partial charge on any atom is 0.225 e. The van der Waals surface area contributed by atoms with Crippen molar-refractivity contribution in [3.63, 3.8) is 0 Å². The van der Waals surface area contributed by atoms with Crippen LogP contribution in [0.15, 0.2) is 11.6 Å². The molecule has 2 fully saturated rings. The van der Waals surface area contributed by atoms with Crippen LogP contribution in [0.25, 0.3) is 0 Å². The molecule has 0 aromatic heterocycles. The number of morpholine rings is 1. The molecule has 1 heterocycles. The normalized spacial score (nSPS) is 28.4. The largest absolute Gasteiger partial charge is 0.379 e. The Morgan fingerprint density at radius 3 is 2.68 bits per heavy atom. The van der Waals surface area contributed by atoms with Crippen molar-refractivity contribution in [1.82, 2.24) is 9.80 Å². The average Bonchev–Trinajstić information content (AvgIpc) is 2.61. The summed E-state index contributed by atoms with van der Waals surface area (Å²) in [6, 6.07) is 0. The molecule has 4 aliphatic rings. The molecule has 0 N–H and O–H groups in total. The molecular weight excluding hydrogens is 312 g/mol. The second-order valence-electron chi connectivity index (χ2n) is 9.04. The molecule has 2 unspecified atom stereocenters. The lowest BCUT2D eigenvalue weighted by molar-refractivity contribution is -0.134. The van der Waals surface area contributed by atoms with Gasteiger partial charge in [0.15, 0.2) is 0 Å². The first kappa shape index (κ1) is 18.9. The number of ether oxygens (including phenoxy) is 1. The monoisotopic (exact) mass is 348 g/mol. The highest BCUT2D eigenvalue weighted by Crippen LogP contribution is 2.59. The number of carbonyl (C=O) groups excluding carboxylic acids is 1. The van der Waals surface area contributed by atoms with Gasteiger partial charge in [0.25, 0.3) is 0 Å². The molecule has 3 aliphatic carbocycles. The molecule has 1 amide bonds. The van der Waals surface area contributed by atoms with Gasteiger partial charge in [-0.2, -0.15) is 0 Å². The zero-order valence-electron chi connectivity index (χ0n) is 16.6. The quantitative estimate of drug-likeness (QED) is 0.663. The van der Waals surface area contributed by atoms with Crippen LogP contribution in [0.3, 0.4) is 0 Å². The fourth-order valence-electron chi connectivity index (χ4n) is 4.82. The fourth-order valence-corrected chi connectivity index (χ4v) is 4.82. The molecule has 1 aliphatic heterocycles. The summed E-state index contributed by atoms with van der Waals surface area (Å²) < 4.78 is 5.42. The molecule has 4 rings (SSSR count). The van der Waals surface area contributed by atoms with Crippen LogP contribution < -0.4 is 0 Å². The molecule has 0 aromatic carbocycles. The first-order chi connectivity index (χ1) is 11.9. The predicted octanol–water partition coefficient (Wildman–Crippen LogP) is 3.19. The number of amides is 1. The lowest BCUT2D eigenvalue weighted by Gasteiger charge is -2.57. The molecule has 2 bridgehead atoms. The van der Waals surface area contributed by atoms with Gasteiger partial charge in [-0.1, -0.05) is 39.3 Å². The van der Waals surface area contributed by atoms with E-state index < -0.39 is 0 Å². The highest BCUT2D eigenvalue weighted by molar-refractivity contribution is 5.78. The van der Waals surface area contributed by atoms with E-state index in [2.05, 4.69) is 29.7 Å². The summed E-state index contributed by atoms with van der Waals surface area (Å²) in [7, 11) is 0. The van der Waals surface area contributed by atoms with E-state index in [9.17, 15) is 4.79 Å². The number of nitrogens with zero attached hydrogens (tertiary/aromatic N) is 2. The summed E-state index contributed by atoms with van der Waals surface area (Å²) in [6.45, 7) is 15.4. The summed E-state index contributed by atoms with van der Waals surface area (Å²) in [4.78, 5) is 17.3. The molecule has 4 heteroatoms. The van der Waals surface area contributed by atoms with E-state index >= 15 is 0 Å². The van der Waals surface area contributed by atoms with Crippen molar-refractivity contribution in [2.75, 3.05) is 45.9 Å². The maximum atomic E-state index is 12.7. The Hall–Kier alpha value is -0.870. The van der Waals surface area contributed by atoms with Crippen LogP contribution in [-0.4, -0.2) is 61.6 Å². The Labute approximate surface area is 153 Å². The van der Waals surface area contributed by atoms with Crippen LogP contribution in [0.4, 0.5) is 0 Å². The number of carbonyl (C=O) groups is 1. The van der Waals surface area contributed by atoms with Crippen molar-refractivity contribution < 1.29 is 9.53 Å². The number of fused-ring (bicyclic) bond motifs is 1. The average molecular weight is 349 g/mol. The van der Waals surface area contributed by atoms with Crippen molar-refractivity contribution in [2.45, 2.75) is 47.0 Å². The van der Waals surface area contributed by atoms with Crippen LogP contribution in [0.2, 0.25) is 0 Å². The van der Waals surface area contributed by atoms with Gasteiger partial charge >= 0.3 is 0 Å². The first-order valence-corrected chi connectivity index (χ1v) is 10.2. The Balaban J connectivity index is 1.56. The van der Waals surface area contributed by atoms with E-state index in [1.165, 1.54) is 18.4 Å². The molecule has 0 spiro atoms. The minimum absolute atomic E-state index is 0.0785. The van der Waals surface area contributed by atoms with Crippen LogP contribution >= 0.6 is 0 Å². The van der Waals surface area contributed by atoms with E-state index in [1.807, 2.05) is 13.8 Å².